The minimum Gasteiger partial charge on any atom is -0.389 e. The second-order valence-electron chi connectivity index (χ2n) is 4.29. The van der Waals surface area contributed by atoms with Gasteiger partial charge in [0.25, 0.3) is 5.91 Å². The first kappa shape index (κ1) is 12.1. The highest BCUT2D eigenvalue weighted by molar-refractivity contribution is 7.10. The van der Waals surface area contributed by atoms with Gasteiger partial charge in [-0.1, -0.05) is 18.6 Å². The quantitative estimate of drug-likeness (QED) is 0.819. The van der Waals surface area contributed by atoms with E-state index in [1.165, 1.54) is 17.1 Å². The molecule has 92 valence electrons. The van der Waals surface area contributed by atoms with Crippen LogP contribution in [0.4, 0.5) is 5.00 Å². The van der Waals surface area contributed by atoms with E-state index in [4.69, 9.17) is 5.73 Å². The number of aryl methyl sites for hydroxylation is 1. The first-order valence-corrected chi connectivity index (χ1v) is 6.59. The van der Waals surface area contributed by atoms with Gasteiger partial charge in [0.1, 0.15) is 5.00 Å². The lowest BCUT2D eigenvalue weighted by Crippen LogP contribution is -2.36. The van der Waals surface area contributed by atoms with Gasteiger partial charge in [-0.05, 0) is 31.3 Å². The van der Waals surface area contributed by atoms with Gasteiger partial charge in [0.2, 0.25) is 0 Å². The van der Waals surface area contributed by atoms with Crippen molar-refractivity contribution >= 4 is 22.4 Å². The zero-order chi connectivity index (χ0) is 12.4. The highest BCUT2D eigenvalue weighted by Crippen LogP contribution is 2.25. The van der Waals surface area contributed by atoms with Crippen LogP contribution in [-0.4, -0.2) is 28.3 Å². The number of aromatic nitrogens is 1. The normalized spacial score (nSPS) is 15.9. The number of amides is 1. The largest absolute Gasteiger partial charge is 0.389 e. The number of hydrogen-bond acceptors (Lipinski definition) is 4. The maximum atomic E-state index is 12.4. The summed E-state index contributed by atoms with van der Waals surface area (Å²) in [6, 6.07) is 0. The van der Waals surface area contributed by atoms with E-state index in [0.29, 0.717) is 17.1 Å². The Bertz CT molecular complexity index is 464. The molecule has 0 saturated heterocycles. The van der Waals surface area contributed by atoms with Crippen LogP contribution in [0, 0.1) is 0 Å². The molecule has 1 aromatic rings. The van der Waals surface area contributed by atoms with E-state index in [0.717, 1.165) is 25.1 Å². The van der Waals surface area contributed by atoms with Crippen LogP contribution in [0.3, 0.4) is 0 Å². The minimum atomic E-state index is 0.0283. The van der Waals surface area contributed by atoms with E-state index >= 15 is 0 Å². The summed E-state index contributed by atoms with van der Waals surface area (Å²) in [5, 5.41) is 0.541. The third-order valence-electron chi connectivity index (χ3n) is 2.96. The van der Waals surface area contributed by atoms with Gasteiger partial charge in [-0.2, -0.15) is 4.37 Å². The summed E-state index contributed by atoms with van der Waals surface area (Å²) < 4.78 is 4.22. The first-order valence-electron chi connectivity index (χ1n) is 5.82. The zero-order valence-corrected chi connectivity index (χ0v) is 11.0. The number of nitrogens with zero attached hydrogens (tertiary/aromatic N) is 2. The van der Waals surface area contributed by atoms with Crippen molar-refractivity contribution in [2.45, 2.75) is 26.7 Å². The maximum absolute atomic E-state index is 12.4. The molecule has 5 heteroatoms. The monoisotopic (exact) mass is 251 g/mol. The van der Waals surface area contributed by atoms with Gasteiger partial charge in [-0.3, -0.25) is 4.79 Å². The number of hydrogen-bond donors (Lipinski definition) is 1. The molecule has 0 spiro atoms. The Kier molecular flexibility index (Phi) is 3.47. The third-order valence-corrected chi connectivity index (χ3v) is 3.67. The Morgan fingerprint density at radius 3 is 3.06 bits per heavy atom. The van der Waals surface area contributed by atoms with Crippen molar-refractivity contribution in [3.8, 4) is 0 Å². The van der Waals surface area contributed by atoms with Crippen molar-refractivity contribution in [2.75, 3.05) is 18.8 Å². The number of nitrogens with two attached hydrogens (primary N) is 1. The molecule has 0 aliphatic carbocycles. The van der Waals surface area contributed by atoms with Gasteiger partial charge in [-0.15, -0.1) is 0 Å². The molecule has 0 unspecified atom stereocenters. The summed E-state index contributed by atoms with van der Waals surface area (Å²) in [6.07, 6.45) is 3.85. The highest BCUT2D eigenvalue weighted by atomic mass is 32.1. The molecule has 1 aliphatic rings. The van der Waals surface area contributed by atoms with Crippen LogP contribution in [0.15, 0.2) is 11.6 Å². The van der Waals surface area contributed by atoms with Gasteiger partial charge >= 0.3 is 0 Å². The molecule has 0 fully saturated rings. The predicted molar refractivity (Wildman–Crippen MR) is 70.2 cm³/mol. The summed E-state index contributed by atoms with van der Waals surface area (Å²) >= 11 is 1.21. The van der Waals surface area contributed by atoms with Gasteiger partial charge < -0.3 is 10.6 Å². The SMILES string of the molecule is CCc1nsc(N)c1C(=O)N1CCC=C(C)C1. The van der Waals surface area contributed by atoms with Crippen molar-refractivity contribution in [3.05, 3.63) is 22.9 Å². The molecule has 2 N–H and O–H groups in total. The zero-order valence-electron chi connectivity index (χ0n) is 10.2. The van der Waals surface area contributed by atoms with Crippen LogP contribution in [0.25, 0.3) is 0 Å². The lowest BCUT2D eigenvalue weighted by atomic mass is 10.1. The molecule has 0 bridgehead atoms. The molecule has 0 radical (unpaired) electrons. The lowest BCUT2D eigenvalue weighted by Gasteiger charge is -2.26. The Morgan fingerprint density at radius 1 is 1.65 bits per heavy atom. The van der Waals surface area contributed by atoms with Crippen molar-refractivity contribution in [2.24, 2.45) is 0 Å². The van der Waals surface area contributed by atoms with Gasteiger partial charge in [0.15, 0.2) is 0 Å². The number of rotatable bonds is 2. The van der Waals surface area contributed by atoms with E-state index in [1.807, 2.05) is 11.8 Å². The molecule has 2 rings (SSSR count). The summed E-state index contributed by atoms with van der Waals surface area (Å²) in [7, 11) is 0. The Balaban J connectivity index is 2.25. The van der Waals surface area contributed by atoms with Crippen molar-refractivity contribution < 1.29 is 4.79 Å². The van der Waals surface area contributed by atoms with Crippen molar-refractivity contribution in [3.63, 3.8) is 0 Å². The van der Waals surface area contributed by atoms with Crippen LogP contribution >= 0.6 is 11.5 Å². The number of carbonyl (C=O) groups excluding carboxylic acids is 1. The summed E-state index contributed by atoms with van der Waals surface area (Å²) in [5.74, 6) is 0.0283. The molecule has 1 aromatic heterocycles. The second kappa shape index (κ2) is 4.87. The fraction of sp³-hybridized carbons (Fsp3) is 0.500. The average Bonchev–Trinajstić information content (AvgIpc) is 2.69. The third kappa shape index (κ3) is 2.34. The Hall–Kier alpha value is -1.36. The standard InChI is InChI=1S/C12H17N3OS/c1-3-9-10(11(13)17-14-9)12(16)15-6-4-5-8(2)7-15/h5H,3-4,6-7,13H2,1-2H3. The van der Waals surface area contributed by atoms with Crippen LogP contribution in [-0.2, 0) is 6.42 Å². The van der Waals surface area contributed by atoms with Crippen molar-refractivity contribution in [1.29, 1.82) is 0 Å². The molecule has 17 heavy (non-hydrogen) atoms. The molecule has 4 nitrogen and oxygen atoms in total. The summed E-state index contributed by atoms with van der Waals surface area (Å²) in [5.41, 5.74) is 8.53. The lowest BCUT2D eigenvalue weighted by molar-refractivity contribution is 0.0766. The van der Waals surface area contributed by atoms with E-state index in [-0.39, 0.29) is 5.91 Å². The van der Waals surface area contributed by atoms with E-state index in [9.17, 15) is 4.79 Å². The molecule has 2 heterocycles. The van der Waals surface area contributed by atoms with Gasteiger partial charge in [0.05, 0.1) is 11.3 Å². The number of nitrogen functional groups attached to an aromatic ring is 1. The minimum absolute atomic E-state index is 0.0283. The van der Waals surface area contributed by atoms with Crippen LogP contribution in [0.2, 0.25) is 0 Å². The molecule has 1 amide bonds. The number of anilines is 1. The van der Waals surface area contributed by atoms with Crippen LogP contribution in [0.1, 0.15) is 36.3 Å². The predicted octanol–water partition coefficient (Wildman–Crippen LogP) is 2.08. The van der Waals surface area contributed by atoms with E-state index in [2.05, 4.69) is 17.4 Å². The second-order valence-corrected chi connectivity index (χ2v) is 5.09. The van der Waals surface area contributed by atoms with Crippen LogP contribution in [0.5, 0.6) is 0 Å². The smallest absolute Gasteiger partial charge is 0.259 e. The summed E-state index contributed by atoms with van der Waals surface area (Å²) in [4.78, 5) is 14.2. The molecule has 1 aliphatic heterocycles. The highest BCUT2D eigenvalue weighted by Gasteiger charge is 2.24. The molecule has 0 saturated carbocycles. The summed E-state index contributed by atoms with van der Waals surface area (Å²) in [6.45, 7) is 5.52. The Labute approximate surface area is 105 Å². The Morgan fingerprint density at radius 2 is 2.41 bits per heavy atom. The fourth-order valence-electron chi connectivity index (χ4n) is 2.05. The van der Waals surface area contributed by atoms with Crippen molar-refractivity contribution in [1.82, 2.24) is 9.27 Å². The molecule has 0 atom stereocenters. The number of carbonyl (C=O) groups is 1. The fourth-order valence-corrected chi connectivity index (χ4v) is 2.78. The first-order chi connectivity index (χ1) is 8.13. The van der Waals surface area contributed by atoms with E-state index in [1.54, 1.807) is 0 Å². The van der Waals surface area contributed by atoms with Crippen LogP contribution < -0.4 is 5.73 Å². The molecular weight excluding hydrogens is 234 g/mol. The maximum Gasteiger partial charge on any atom is 0.259 e. The average molecular weight is 251 g/mol. The van der Waals surface area contributed by atoms with Gasteiger partial charge in [-0.25, -0.2) is 0 Å². The van der Waals surface area contributed by atoms with E-state index < -0.39 is 0 Å². The van der Waals surface area contributed by atoms with Gasteiger partial charge in [0, 0.05) is 13.1 Å². The molecular formula is C12H17N3OS. The molecule has 0 aromatic carbocycles. The topological polar surface area (TPSA) is 59.2 Å².